The number of ether oxygens (including phenoxy) is 1. The lowest BCUT2D eigenvalue weighted by atomic mass is 10.2. The van der Waals surface area contributed by atoms with E-state index in [0.717, 1.165) is 35.1 Å². The Morgan fingerprint density at radius 2 is 2.00 bits per heavy atom. The van der Waals surface area contributed by atoms with Crippen LogP contribution in [-0.4, -0.2) is 26.8 Å². The molecule has 1 heterocycles. The molecule has 1 aromatic heterocycles. The van der Waals surface area contributed by atoms with Gasteiger partial charge in [0.15, 0.2) is 10.9 Å². The summed E-state index contributed by atoms with van der Waals surface area (Å²) in [5.74, 6) is 2.27. The summed E-state index contributed by atoms with van der Waals surface area (Å²) >= 11 is 1.52. The molecule has 8 heteroatoms. The number of aromatic nitrogens is 3. The van der Waals surface area contributed by atoms with E-state index in [1.165, 1.54) is 18.9 Å². The van der Waals surface area contributed by atoms with Gasteiger partial charge in [-0.2, -0.15) is 0 Å². The number of para-hydroxylation sites is 1. The molecular formula is C19H18N4O3S. The van der Waals surface area contributed by atoms with Crippen molar-refractivity contribution in [3.63, 3.8) is 0 Å². The maximum absolute atomic E-state index is 11.2. The van der Waals surface area contributed by atoms with Crippen LogP contribution in [0, 0.1) is 10.1 Å². The molecule has 1 fully saturated rings. The third kappa shape index (κ3) is 3.66. The summed E-state index contributed by atoms with van der Waals surface area (Å²) < 4.78 is 7.16. The first-order valence-electron chi connectivity index (χ1n) is 8.62. The van der Waals surface area contributed by atoms with Crippen molar-refractivity contribution in [1.82, 2.24) is 14.8 Å². The van der Waals surface area contributed by atoms with Crippen LogP contribution in [0.5, 0.6) is 5.75 Å². The number of methoxy groups -OCH3 is 1. The fraction of sp³-hybridized carbons (Fsp3) is 0.263. The van der Waals surface area contributed by atoms with Crippen LogP contribution in [0.25, 0.3) is 5.69 Å². The Hall–Kier alpha value is -2.87. The predicted octanol–water partition coefficient (Wildman–Crippen LogP) is 4.35. The number of nitrogens with zero attached hydrogens (tertiary/aromatic N) is 4. The lowest BCUT2D eigenvalue weighted by Gasteiger charge is -2.10. The number of benzene rings is 2. The van der Waals surface area contributed by atoms with Crippen molar-refractivity contribution >= 4 is 17.4 Å². The highest BCUT2D eigenvalue weighted by Crippen LogP contribution is 2.41. The van der Waals surface area contributed by atoms with Gasteiger partial charge in [0.1, 0.15) is 5.82 Å². The van der Waals surface area contributed by atoms with Gasteiger partial charge in [-0.3, -0.25) is 14.7 Å². The first-order valence-corrected chi connectivity index (χ1v) is 9.61. The molecule has 1 saturated carbocycles. The van der Waals surface area contributed by atoms with E-state index < -0.39 is 4.92 Å². The van der Waals surface area contributed by atoms with Gasteiger partial charge in [-0.1, -0.05) is 36.0 Å². The average Bonchev–Trinajstić information content (AvgIpc) is 3.46. The molecule has 0 radical (unpaired) electrons. The maximum atomic E-state index is 11.2. The summed E-state index contributed by atoms with van der Waals surface area (Å²) in [7, 11) is 1.43. The molecule has 1 aliphatic rings. The molecule has 0 unspecified atom stereocenters. The number of rotatable bonds is 7. The SMILES string of the molecule is COc1ccc(CSc2nnc(C3CC3)n2-c2ccccc2)cc1[N+](=O)[O-]. The van der Waals surface area contributed by atoms with E-state index in [9.17, 15) is 10.1 Å². The second kappa shape index (κ2) is 7.40. The van der Waals surface area contributed by atoms with Crippen LogP contribution in [-0.2, 0) is 5.75 Å². The Bertz CT molecular complexity index is 970. The molecule has 0 saturated heterocycles. The highest BCUT2D eigenvalue weighted by atomic mass is 32.2. The number of hydrogen-bond acceptors (Lipinski definition) is 6. The Balaban J connectivity index is 1.61. The zero-order valence-corrected chi connectivity index (χ0v) is 15.6. The molecule has 0 bridgehead atoms. The summed E-state index contributed by atoms with van der Waals surface area (Å²) in [5, 5.41) is 20.8. The molecule has 2 aromatic carbocycles. The van der Waals surface area contributed by atoms with E-state index in [1.807, 2.05) is 36.4 Å². The molecule has 1 aliphatic carbocycles. The van der Waals surface area contributed by atoms with Crippen LogP contribution in [0.1, 0.15) is 30.1 Å². The Morgan fingerprint density at radius 3 is 2.67 bits per heavy atom. The summed E-state index contributed by atoms with van der Waals surface area (Å²) in [5.41, 5.74) is 1.84. The van der Waals surface area contributed by atoms with E-state index in [-0.39, 0.29) is 11.4 Å². The summed E-state index contributed by atoms with van der Waals surface area (Å²) in [4.78, 5) is 10.8. The van der Waals surface area contributed by atoms with E-state index in [4.69, 9.17) is 4.74 Å². The van der Waals surface area contributed by atoms with Gasteiger partial charge in [-0.15, -0.1) is 10.2 Å². The van der Waals surface area contributed by atoms with E-state index >= 15 is 0 Å². The minimum absolute atomic E-state index is 0.0289. The highest BCUT2D eigenvalue weighted by Gasteiger charge is 2.31. The van der Waals surface area contributed by atoms with Crippen molar-refractivity contribution in [2.45, 2.75) is 29.7 Å². The molecule has 7 nitrogen and oxygen atoms in total. The van der Waals surface area contributed by atoms with Crippen molar-refractivity contribution < 1.29 is 9.66 Å². The van der Waals surface area contributed by atoms with Crippen molar-refractivity contribution in [2.24, 2.45) is 0 Å². The van der Waals surface area contributed by atoms with Crippen LogP contribution in [0.3, 0.4) is 0 Å². The molecule has 4 rings (SSSR count). The van der Waals surface area contributed by atoms with Gasteiger partial charge >= 0.3 is 5.69 Å². The van der Waals surface area contributed by atoms with E-state index in [1.54, 1.807) is 12.1 Å². The lowest BCUT2D eigenvalue weighted by Crippen LogP contribution is -2.01. The predicted molar refractivity (Wildman–Crippen MR) is 103 cm³/mol. The second-order valence-corrected chi connectivity index (χ2v) is 7.28. The van der Waals surface area contributed by atoms with E-state index in [2.05, 4.69) is 14.8 Å². The first kappa shape index (κ1) is 17.5. The normalized spacial score (nSPS) is 13.5. The molecule has 0 N–H and O–H groups in total. The number of nitro groups is 1. The highest BCUT2D eigenvalue weighted by molar-refractivity contribution is 7.98. The minimum atomic E-state index is -0.426. The molecule has 0 spiro atoms. The van der Waals surface area contributed by atoms with Gasteiger partial charge in [-0.05, 0) is 36.6 Å². The Kier molecular flexibility index (Phi) is 4.81. The quantitative estimate of drug-likeness (QED) is 0.343. The third-order valence-corrected chi connectivity index (χ3v) is 5.42. The van der Waals surface area contributed by atoms with Crippen LogP contribution in [0.4, 0.5) is 5.69 Å². The van der Waals surface area contributed by atoms with Gasteiger partial charge in [-0.25, -0.2) is 0 Å². The average molecular weight is 382 g/mol. The Labute approximate surface area is 160 Å². The molecule has 3 aromatic rings. The molecule has 138 valence electrons. The summed E-state index contributed by atoms with van der Waals surface area (Å²) in [6.07, 6.45) is 2.28. The van der Waals surface area contributed by atoms with Gasteiger partial charge < -0.3 is 4.74 Å². The summed E-state index contributed by atoms with van der Waals surface area (Å²) in [6.45, 7) is 0. The van der Waals surface area contributed by atoms with Gasteiger partial charge in [0, 0.05) is 23.4 Å². The molecule has 27 heavy (non-hydrogen) atoms. The van der Waals surface area contributed by atoms with Crippen LogP contribution in [0.2, 0.25) is 0 Å². The number of hydrogen-bond donors (Lipinski definition) is 0. The maximum Gasteiger partial charge on any atom is 0.311 e. The van der Waals surface area contributed by atoms with Crippen LogP contribution in [0.15, 0.2) is 53.7 Å². The largest absolute Gasteiger partial charge is 0.490 e. The molecular weight excluding hydrogens is 364 g/mol. The standard InChI is InChI=1S/C19H18N4O3S/c1-26-17-10-7-13(11-16(17)23(24)25)12-27-19-21-20-18(14-8-9-14)22(19)15-5-3-2-4-6-15/h2-7,10-11,14H,8-9,12H2,1H3. The smallest absolute Gasteiger partial charge is 0.311 e. The topological polar surface area (TPSA) is 83.1 Å². The fourth-order valence-electron chi connectivity index (χ4n) is 2.92. The lowest BCUT2D eigenvalue weighted by molar-refractivity contribution is -0.385. The molecule has 0 aliphatic heterocycles. The van der Waals surface area contributed by atoms with Gasteiger partial charge in [0.2, 0.25) is 0 Å². The number of thioether (sulfide) groups is 1. The van der Waals surface area contributed by atoms with Crippen molar-refractivity contribution in [1.29, 1.82) is 0 Å². The third-order valence-electron chi connectivity index (χ3n) is 4.42. The zero-order valence-electron chi connectivity index (χ0n) is 14.7. The first-order chi connectivity index (χ1) is 13.2. The second-order valence-electron chi connectivity index (χ2n) is 6.34. The molecule has 0 atom stereocenters. The van der Waals surface area contributed by atoms with Crippen molar-refractivity contribution in [3.8, 4) is 11.4 Å². The summed E-state index contributed by atoms with van der Waals surface area (Å²) in [6, 6.07) is 15.1. The zero-order chi connectivity index (χ0) is 18.8. The minimum Gasteiger partial charge on any atom is -0.490 e. The van der Waals surface area contributed by atoms with Crippen LogP contribution >= 0.6 is 11.8 Å². The molecule has 0 amide bonds. The van der Waals surface area contributed by atoms with Gasteiger partial charge in [0.05, 0.1) is 12.0 Å². The van der Waals surface area contributed by atoms with Crippen molar-refractivity contribution in [3.05, 3.63) is 70.0 Å². The number of nitro benzene ring substituents is 1. The fourth-order valence-corrected chi connectivity index (χ4v) is 3.82. The monoisotopic (exact) mass is 382 g/mol. The van der Waals surface area contributed by atoms with Gasteiger partial charge in [0.25, 0.3) is 0 Å². The van der Waals surface area contributed by atoms with Crippen molar-refractivity contribution in [2.75, 3.05) is 7.11 Å². The Morgan fingerprint density at radius 1 is 1.22 bits per heavy atom. The van der Waals surface area contributed by atoms with E-state index in [0.29, 0.717) is 11.7 Å². The van der Waals surface area contributed by atoms with Crippen LogP contribution < -0.4 is 4.74 Å².